The van der Waals surface area contributed by atoms with Crippen LogP contribution in [0.2, 0.25) is 0 Å². The van der Waals surface area contributed by atoms with E-state index in [1.807, 2.05) is 32.1 Å². The highest BCUT2D eigenvalue weighted by molar-refractivity contribution is 5.78. The zero-order valence-electron chi connectivity index (χ0n) is 38.2. The summed E-state index contributed by atoms with van der Waals surface area (Å²) in [7, 11) is 3.22. The monoisotopic (exact) mass is 872 g/mol. The zero-order chi connectivity index (χ0) is 44.7. The highest BCUT2D eigenvalue weighted by Crippen LogP contribution is 2.47. The van der Waals surface area contributed by atoms with Crippen molar-refractivity contribution in [2.75, 3.05) is 20.8 Å². The van der Waals surface area contributed by atoms with Gasteiger partial charge < -0.3 is 62.7 Å². The summed E-state index contributed by atoms with van der Waals surface area (Å²) >= 11 is 0. The molecule has 14 heteroatoms. The van der Waals surface area contributed by atoms with E-state index in [0.29, 0.717) is 43.3 Å². The maximum absolute atomic E-state index is 14.3. The van der Waals surface area contributed by atoms with E-state index in [1.54, 1.807) is 40.2 Å². The van der Waals surface area contributed by atoms with E-state index < -0.39 is 90.8 Å². The Morgan fingerprint density at radius 2 is 1.60 bits per heavy atom. The van der Waals surface area contributed by atoms with Crippen molar-refractivity contribution in [2.24, 2.45) is 23.7 Å². The van der Waals surface area contributed by atoms with E-state index in [2.05, 4.69) is 39.8 Å². The van der Waals surface area contributed by atoms with Gasteiger partial charge in [-0.1, -0.05) is 70.6 Å². The summed E-state index contributed by atoms with van der Waals surface area (Å²) in [4.78, 5) is 14.3. The van der Waals surface area contributed by atoms with Crippen molar-refractivity contribution >= 4 is 5.97 Å². The van der Waals surface area contributed by atoms with E-state index >= 15 is 0 Å². The third kappa shape index (κ3) is 9.64. The maximum atomic E-state index is 14.3. The standard InChI is InChI=1S/C48H72O14/c1-11-25(2)43-28(5)17-18-47(62-43)23-34-20-33(61-47)16-15-27(4)42(26(3)13-12-14-32-24-55-45-40(49)29(6)19-35(46(51)58-34)48(32,45)52)59-39-22-37(54-10)44(31(8)57-39)60-38-21-36(53-9)41(50)30(7)56-38/h12-15,17-19,25-26,28,30-31,33-45,49-50,52H,11,16,20-24H2,1-10H3/b13-12-,27-15-,32-14?/t25-,26-,28-,30-,31-,33+,34-,35-,36-,37-,38-,39-,40+,41-,42+,43+,44-,45+,47+,48+/m0/s1. The van der Waals surface area contributed by atoms with Crippen molar-refractivity contribution in [1.82, 2.24) is 0 Å². The van der Waals surface area contributed by atoms with Crippen molar-refractivity contribution in [3.63, 3.8) is 0 Å². The van der Waals surface area contributed by atoms with Gasteiger partial charge in [-0.15, -0.1) is 0 Å². The molecule has 4 fully saturated rings. The fourth-order valence-corrected chi connectivity index (χ4v) is 10.6. The van der Waals surface area contributed by atoms with Crippen molar-refractivity contribution < 1.29 is 67.5 Å². The van der Waals surface area contributed by atoms with Crippen LogP contribution in [0.25, 0.3) is 0 Å². The lowest BCUT2D eigenvalue weighted by molar-refractivity contribution is -0.318. The first kappa shape index (κ1) is 47.6. The van der Waals surface area contributed by atoms with Crippen LogP contribution in [0.4, 0.5) is 0 Å². The molecular formula is C48H72O14. The number of rotatable bonds is 8. The second-order valence-corrected chi connectivity index (χ2v) is 19.0. The number of hydrogen-bond donors (Lipinski definition) is 3. The second kappa shape index (κ2) is 19.7. The van der Waals surface area contributed by atoms with E-state index in [4.69, 9.17) is 47.4 Å². The Hall–Kier alpha value is -2.31. The van der Waals surface area contributed by atoms with Gasteiger partial charge in [0.2, 0.25) is 0 Å². The summed E-state index contributed by atoms with van der Waals surface area (Å²) in [6, 6.07) is 0. The Morgan fingerprint density at radius 1 is 0.887 bits per heavy atom. The lowest BCUT2D eigenvalue weighted by Gasteiger charge is -2.48. The van der Waals surface area contributed by atoms with Crippen LogP contribution in [-0.2, 0) is 52.2 Å². The molecular weight excluding hydrogens is 801 g/mol. The predicted octanol–water partition coefficient (Wildman–Crippen LogP) is 5.38. The van der Waals surface area contributed by atoms with Crippen LogP contribution in [-0.4, -0.2) is 139 Å². The molecule has 6 heterocycles. The number of aliphatic hydroxyl groups is 3. The molecule has 0 saturated carbocycles. The molecule has 7 aliphatic rings. The van der Waals surface area contributed by atoms with Gasteiger partial charge in [0.25, 0.3) is 0 Å². The minimum atomic E-state index is -1.84. The van der Waals surface area contributed by atoms with E-state index in [9.17, 15) is 20.1 Å². The second-order valence-electron chi connectivity index (χ2n) is 19.0. The summed E-state index contributed by atoms with van der Waals surface area (Å²) in [5.74, 6) is -2.56. The molecule has 0 aromatic carbocycles. The summed E-state index contributed by atoms with van der Waals surface area (Å²) < 4.78 is 63.7. The van der Waals surface area contributed by atoms with Crippen molar-refractivity contribution in [3.05, 3.63) is 59.3 Å². The number of allylic oxidation sites excluding steroid dienone is 2. The molecule has 20 atom stereocenters. The third-order valence-corrected chi connectivity index (χ3v) is 14.5. The van der Waals surface area contributed by atoms with Gasteiger partial charge in [0.1, 0.15) is 42.0 Å². The predicted molar refractivity (Wildman–Crippen MR) is 227 cm³/mol. The van der Waals surface area contributed by atoms with Gasteiger partial charge in [-0.2, -0.15) is 0 Å². The van der Waals surface area contributed by atoms with Gasteiger partial charge in [-0.3, -0.25) is 4.79 Å². The van der Waals surface area contributed by atoms with Gasteiger partial charge in [0.05, 0.1) is 49.3 Å². The van der Waals surface area contributed by atoms with E-state index in [1.165, 1.54) is 0 Å². The summed E-state index contributed by atoms with van der Waals surface area (Å²) in [5.41, 5.74) is 0.134. The molecule has 3 N–H and O–H groups in total. The molecule has 6 aliphatic heterocycles. The highest BCUT2D eigenvalue weighted by Gasteiger charge is 2.60. The molecule has 0 aromatic rings. The highest BCUT2D eigenvalue weighted by atomic mass is 16.7. The fraction of sp³-hybridized carbons (Fsp3) is 0.771. The summed E-state index contributed by atoms with van der Waals surface area (Å²) in [6.07, 6.45) is 8.55. The quantitative estimate of drug-likeness (QED) is 0.210. The van der Waals surface area contributed by atoms with Crippen molar-refractivity contribution in [2.45, 2.75) is 191 Å². The van der Waals surface area contributed by atoms with Gasteiger partial charge in [0, 0.05) is 51.7 Å². The molecule has 62 heavy (non-hydrogen) atoms. The number of fused-ring (bicyclic) bond motifs is 2. The van der Waals surface area contributed by atoms with Crippen LogP contribution >= 0.6 is 0 Å². The number of carbonyl (C=O) groups excluding carboxylic acids is 1. The average Bonchev–Trinajstić information content (AvgIpc) is 3.58. The number of esters is 1. The Morgan fingerprint density at radius 3 is 2.32 bits per heavy atom. The maximum Gasteiger partial charge on any atom is 0.316 e. The molecule has 0 radical (unpaired) electrons. The first-order chi connectivity index (χ1) is 29.5. The minimum absolute atomic E-state index is 0.0317. The average molecular weight is 873 g/mol. The molecule has 14 nitrogen and oxygen atoms in total. The van der Waals surface area contributed by atoms with Gasteiger partial charge in [-0.25, -0.2) is 0 Å². The molecule has 1 spiro atoms. The van der Waals surface area contributed by atoms with Gasteiger partial charge in [-0.05, 0) is 62.8 Å². The summed E-state index contributed by atoms with van der Waals surface area (Å²) in [6.45, 7) is 16.1. The minimum Gasteiger partial charge on any atom is -0.462 e. The molecule has 7 rings (SSSR count). The van der Waals surface area contributed by atoms with Crippen LogP contribution in [0.15, 0.2) is 59.3 Å². The largest absolute Gasteiger partial charge is 0.462 e. The third-order valence-electron chi connectivity index (χ3n) is 14.5. The van der Waals surface area contributed by atoms with Crippen LogP contribution in [0, 0.1) is 23.7 Å². The number of ether oxygens (including phenoxy) is 10. The molecule has 0 amide bonds. The zero-order valence-corrected chi connectivity index (χ0v) is 38.2. The normalized spacial score (nSPS) is 48.3. The number of hydrogen-bond acceptors (Lipinski definition) is 14. The lowest BCUT2D eigenvalue weighted by atomic mass is 9.71. The molecule has 1 aliphatic carbocycles. The number of carbonyl (C=O) groups is 1. The fourth-order valence-electron chi connectivity index (χ4n) is 10.6. The van der Waals surface area contributed by atoms with Gasteiger partial charge in [0.15, 0.2) is 18.4 Å². The molecule has 0 aromatic heterocycles. The topological polar surface area (TPSA) is 170 Å². The SMILES string of the molecule is CC[C@H](C)[C@H]1O[C@]2(C=C[C@@H]1C)C[C@@H]1C[C@@H](C/C=C(/C)[C@H](O[C@H]3C[C@H](OC)[C@@H](O[C@H]4C[C@H](OC)[C@@H](O)[C@H](C)O4)[C@H](C)O3)[C@@H](C)/C=C\C=C3CO[C@@H]4[C@H](O)C(C)=C[C@@H](C(=O)O1)[C@]34O)O2. The molecule has 4 saturated heterocycles. The summed E-state index contributed by atoms with van der Waals surface area (Å²) in [5, 5.41) is 34.2. The van der Waals surface area contributed by atoms with E-state index in [-0.39, 0.29) is 42.7 Å². The lowest BCUT2D eigenvalue weighted by Crippen LogP contribution is -2.58. The van der Waals surface area contributed by atoms with Crippen LogP contribution in [0.1, 0.15) is 93.9 Å². The van der Waals surface area contributed by atoms with Crippen LogP contribution < -0.4 is 0 Å². The Kier molecular flexibility index (Phi) is 15.1. The van der Waals surface area contributed by atoms with Gasteiger partial charge >= 0.3 is 5.97 Å². The van der Waals surface area contributed by atoms with Crippen molar-refractivity contribution in [1.29, 1.82) is 0 Å². The van der Waals surface area contributed by atoms with E-state index in [0.717, 1.165) is 12.0 Å². The Bertz CT molecular complexity index is 1730. The van der Waals surface area contributed by atoms with Crippen molar-refractivity contribution in [3.8, 4) is 0 Å². The number of methoxy groups -OCH3 is 2. The first-order valence-corrected chi connectivity index (χ1v) is 22.9. The van der Waals surface area contributed by atoms with Crippen LogP contribution in [0.3, 0.4) is 0 Å². The smallest absolute Gasteiger partial charge is 0.316 e. The first-order valence-electron chi connectivity index (χ1n) is 22.9. The Balaban J connectivity index is 1.18. The Labute approximate surface area is 367 Å². The molecule has 2 bridgehead atoms. The molecule has 0 unspecified atom stereocenters. The molecule has 348 valence electrons. The number of aliphatic hydroxyl groups excluding tert-OH is 2. The van der Waals surface area contributed by atoms with Crippen LogP contribution in [0.5, 0.6) is 0 Å².